The molecule has 0 aliphatic carbocycles. The Morgan fingerprint density at radius 2 is 2.10 bits per heavy atom. The fourth-order valence-electron chi connectivity index (χ4n) is 1.70. The molecule has 0 radical (unpaired) electrons. The topological polar surface area (TPSA) is 81.2 Å². The zero-order chi connectivity index (χ0) is 14.8. The van der Waals surface area contributed by atoms with Crippen LogP contribution in [0.4, 0.5) is 0 Å². The Balaban J connectivity index is 2.83. The highest BCUT2D eigenvalue weighted by Crippen LogP contribution is 2.37. The lowest BCUT2D eigenvalue weighted by Crippen LogP contribution is -2.21. The van der Waals surface area contributed by atoms with Gasteiger partial charge in [-0.05, 0) is 19.2 Å². The Bertz CT molecular complexity index is 720. The van der Waals surface area contributed by atoms with Crippen LogP contribution in [0.3, 0.4) is 0 Å². The van der Waals surface area contributed by atoms with E-state index >= 15 is 0 Å². The van der Waals surface area contributed by atoms with Crippen LogP contribution in [0, 0.1) is 0 Å². The number of nitrogens with one attached hydrogen (secondary N) is 1. The maximum absolute atomic E-state index is 12.2. The second-order valence-electron chi connectivity index (χ2n) is 3.77. The first kappa shape index (κ1) is 14.7. The van der Waals surface area contributed by atoms with E-state index in [1.54, 1.807) is 18.3 Å². The molecule has 0 bridgehead atoms. The van der Waals surface area contributed by atoms with Gasteiger partial charge in [-0.3, -0.25) is 9.97 Å². The zero-order valence-corrected chi connectivity index (χ0v) is 12.4. The molecule has 6 nitrogen and oxygen atoms in total. The SMILES string of the molecule is CNS(=O)(=O)c1c(-c2cccnc2)ncc(Cl)c1OC. The van der Waals surface area contributed by atoms with Crippen LogP contribution in [-0.2, 0) is 10.0 Å². The predicted octanol–water partition coefficient (Wildman–Crippen LogP) is 1.71. The van der Waals surface area contributed by atoms with Crippen LogP contribution in [-0.4, -0.2) is 32.5 Å². The minimum Gasteiger partial charge on any atom is -0.494 e. The fraction of sp³-hybridized carbons (Fsp3) is 0.167. The molecule has 20 heavy (non-hydrogen) atoms. The van der Waals surface area contributed by atoms with Gasteiger partial charge in [-0.2, -0.15) is 0 Å². The van der Waals surface area contributed by atoms with Gasteiger partial charge < -0.3 is 4.74 Å². The van der Waals surface area contributed by atoms with Crippen molar-refractivity contribution < 1.29 is 13.2 Å². The van der Waals surface area contributed by atoms with Crippen LogP contribution in [0.2, 0.25) is 5.02 Å². The lowest BCUT2D eigenvalue weighted by molar-refractivity contribution is 0.402. The summed E-state index contributed by atoms with van der Waals surface area (Å²) in [6.07, 6.45) is 4.45. The third-order valence-electron chi connectivity index (χ3n) is 2.62. The van der Waals surface area contributed by atoms with Crippen LogP contribution in [0.5, 0.6) is 5.75 Å². The molecule has 0 aromatic carbocycles. The second kappa shape index (κ2) is 5.74. The number of hydrogen-bond acceptors (Lipinski definition) is 5. The van der Waals surface area contributed by atoms with E-state index in [2.05, 4.69) is 14.7 Å². The molecule has 106 valence electrons. The summed E-state index contributed by atoms with van der Waals surface area (Å²) < 4.78 is 31.8. The number of rotatable bonds is 4. The Labute approximate surface area is 121 Å². The van der Waals surface area contributed by atoms with E-state index in [9.17, 15) is 8.42 Å². The van der Waals surface area contributed by atoms with Crippen molar-refractivity contribution in [2.45, 2.75) is 4.90 Å². The molecule has 1 N–H and O–H groups in total. The van der Waals surface area contributed by atoms with Gasteiger partial charge in [0.2, 0.25) is 10.0 Å². The number of methoxy groups -OCH3 is 1. The summed E-state index contributed by atoms with van der Waals surface area (Å²) in [5, 5.41) is 0.119. The number of hydrogen-bond donors (Lipinski definition) is 1. The molecule has 0 unspecified atom stereocenters. The van der Waals surface area contributed by atoms with Gasteiger partial charge in [-0.25, -0.2) is 13.1 Å². The Kier molecular flexibility index (Phi) is 4.22. The van der Waals surface area contributed by atoms with Gasteiger partial charge in [-0.1, -0.05) is 11.6 Å². The summed E-state index contributed by atoms with van der Waals surface area (Å²) in [6.45, 7) is 0. The predicted molar refractivity (Wildman–Crippen MR) is 75.3 cm³/mol. The molecule has 0 aliphatic rings. The van der Waals surface area contributed by atoms with Gasteiger partial charge in [0, 0.05) is 18.0 Å². The molecule has 0 aliphatic heterocycles. The minimum atomic E-state index is -3.79. The standard InChI is InChI=1S/C12H12ClN3O3S/c1-14-20(17,18)12-10(8-4-3-5-15-6-8)16-7-9(13)11(12)19-2/h3-7,14H,1-2H3. The zero-order valence-electron chi connectivity index (χ0n) is 10.8. The molecular formula is C12H12ClN3O3S. The van der Waals surface area contributed by atoms with Crippen molar-refractivity contribution in [3.05, 3.63) is 35.7 Å². The van der Waals surface area contributed by atoms with E-state index in [1.807, 2.05) is 0 Å². The third kappa shape index (κ3) is 2.60. The smallest absolute Gasteiger partial charge is 0.246 e. The maximum Gasteiger partial charge on any atom is 0.246 e. The Morgan fingerprint density at radius 1 is 1.35 bits per heavy atom. The van der Waals surface area contributed by atoms with Crippen molar-refractivity contribution in [2.75, 3.05) is 14.2 Å². The average Bonchev–Trinajstić information content (AvgIpc) is 2.47. The molecule has 0 atom stereocenters. The number of nitrogens with zero attached hydrogens (tertiary/aromatic N) is 2. The summed E-state index contributed by atoms with van der Waals surface area (Å²) in [6, 6.07) is 3.39. The highest BCUT2D eigenvalue weighted by atomic mass is 35.5. The number of halogens is 1. The van der Waals surface area contributed by atoms with Crippen LogP contribution < -0.4 is 9.46 Å². The second-order valence-corrected chi connectivity index (χ2v) is 6.00. The van der Waals surface area contributed by atoms with E-state index in [0.717, 1.165) is 0 Å². The minimum absolute atomic E-state index is 0.0508. The van der Waals surface area contributed by atoms with E-state index < -0.39 is 10.0 Å². The van der Waals surface area contributed by atoms with Crippen molar-refractivity contribution in [1.29, 1.82) is 0 Å². The Hall–Kier alpha value is -1.70. The average molecular weight is 314 g/mol. The molecule has 0 saturated heterocycles. The molecule has 8 heteroatoms. The van der Waals surface area contributed by atoms with Gasteiger partial charge in [0.15, 0.2) is 10.6 Å². The van der Waals surface area contributed by atoms with E-state index in [1.165, 1.54) is 26.6 Å². The molecule has 2 aromatic rings. The molecule has 2 rings (SSSR count). The van der Waals surface area contributed by atoms with Crippen molar-refractivity contribution in [1.82, 2.24) is 14.7 Å². The molecule has 0 amide bonds. The first-order valence-corrected chi connectivity index (χ1v) is 7.43. The van der Waals surface area contributed by atoms with E-state index in [0.29, 0.717) is 5.56 Å². The van der Waals surface area contributed by atoms with Crippen LogP contribution >= 0.6 is 11.6 Å². The van der Waals surface area contributed by atoms with Crippen molar-refractivity contribution in [2.24, 2.45) is 0 Å². The number of pyridine rings is 2. The maximum atomic E-state index is 12.2. The van der Waals surface area contributed by atoms with Crippen LogP contribution in [0.1, 0.15) is 0 Å². The summed E-state index contributed by atoms with van der Waals surface area (Å²) in [5.41, 5.74) is 0.782. The number of sulfonamides is 1. The first-order valence-electron chi connectivity index (χ1n) is 5.57. The summed E-state index contributed by atoms with van der Waals surface area (Å²) >= 11 is 5.96. The molecule has 0 spiro atoms. The molecule has 0 saturated carbocycles. The fourth-order valence-corrected chi connectivity index (χ4v) is 3.05. The monoisotopic (exact) mass is 313 g/mol. The number of aromatic nitrogens is 2. The molecular weight excluding hydrogens is 302 g/mol. The molecule has 2 aromatic heterocycles. The van der Waals surface area contributed by atoms with Gasteiger partial charge in [0.05, 0.1) is 19.0 Å². The highest BCUT2D eigenvalue weighted by Gasteiger charge is 2.26. The van der Waals surface area contributed by atoms with Gasteiger partial charge >= 0.3 is 0 Å². The first-order chi connectivity index (χ1) is 9.51. The molecule has 2 heterocycles. The lowest BCUT2D eigenvalue weighted by Gasteiger charge is -2.14. The normalized spacial score (nSPS) is 11.3. The Morgan fingerprint density at radius 3 is 2.65 bits per heavy atom. The van der Waals surface area contributed by atoms with E-state index in [-0.39, 0.29) is 21.4 Å². The lowest BCUT2D eigenvalue weighted by atomic mass is 10.2. The van der Waals surface area contributed by atoms with Gasteiger partial charge in [0.1, 0.15) is 5.02 Å². The molecule has 0 fully saturated rings. The van der Waals surface area contributed by atoms with Gasteiger partial charge in [-0.15, -0.1) is 0 Å². The van der Waals surface area contributed by atoms with Crippen molar-refractivity contribution >= 4 is 21.6 Å². The largest absolute Gasteiger partial charge is 0.494 e. The third-order valence-corrected chi connectivity index (χ3v) is 4.34. The quantitative estimate of drug-likeness (QED) is 0.929. The van der Waals surface area contributed by atoms with Crippen LogP contribution in [0.15, 0.2) is 35.6 Å². The highest BCUT2D eigenvalue weighted by molar-refractivity contribution is 7.89. The summed E-state index contributed by atoms with van der Waals surface area (Å²) in [7, 11) is -1.13. The number of ether oxygens (including phenoxy) is 1. The van der Waals surface area contributed by atoms with E-state index in [4.69, 9.17) is 16.3 Å². The summed E-state index contributed by atoms with van der Waals surface area (Å²) in [5.74, 6) is 0.0508. The van der Waals surface area contributed by atoms with Crippen molar-refractivity contribution in [3.8, 4) is 17.0 Å². The van der Waals surface area contributed by atoms with Crippen molar-refractivity contribution in [3.63, 3.8) is 0 Å². The summed E-state index contributed by atoms with van der Waals surface area (Å²) in [4.78, 5) is 7.95. The van der Waals surface area contributed by atoms with Gasteiger partial charge in [0.25, 0.3) is 0 Å². The van der Waals surface area contributed by atoms with Crippen LogP contribution in [0.25, 0.3) is 11.3 Å².